The van der Waals surface area contributed by atoms with Gasteiger partial charge in [0.15, 0.2) is 0 Å². The molecule has 130 valence electrons. The summed E-state index contributed by atoms with van der Waals surface area (Å²) in [6, 6.07) is 20.0. The van der Waals surface area contributed by atoms with Crippen molar-refractivity contribution in [3.63, 3.8) is 0 Å². The summed E-state index contributed by atoms with van der Waals surface area (Å²) < 4.78 is 7.84. The number of aryl methyl sites for hydroxylation is 1. The molecule has 0 aliphatic heterocycles. The van der Waals surface area contributed by atoms with Crippen molar-refractivity contribution >= 4 is 22.4 Å². The Kier molecular flexibility index (Phi) is 4.35. The molecule has 0 N–H and O–H groups in total. The smallest absolute Gasteiger partial charge is 0.141 e. The largest absolute Gasteiger partial charge is 0.484 e. The zero-order valence-corrected chi connectivity index (χ0v) is 15.3. The van der Waals surface area contributed by atoms with Crippen LogP contribution >= 0.6 is 11.6 Å². The van der Waals surface area contributed by atoms with Crippen molar-refractivity contribution < 1.29 is 4.74 Å². The maximum Gasteiger partial charge on any atom is 0.141 e. The highest BCUT2D eigenvalue weighted by atomic mass is 35.5. The van der Waals surface area contributed by atoms with Crippen LogP contribution in [0.4, 0.5) is 0 Å². The van der Waals surface area contributed by atoms with E-state index in [-0.39, 0.29) is 6.10 Å². The zero-order chi connectivity index (χ0) is 18.1. The molecular weight excluding hydrogens is 346 g/mol. The van der Waals surface area contributed by atoms with Gasteiger partial charge in [-0.1, -0.05) is 59.3 Å². The van der Waals surface area contributed by atoms with E-state index in [9.17, 15) is 0 Å². The van der Waals surface area contributed by atoms with Crippen molar-refractivity contribution in [1.82, 2.24) is 15.0 Å². The predicted octanol–water partition coefficient (Wildman–Crippen LogP) is 5.52. The van der Waals surface area contributed by atoms with Gasteiger partial charge in [0.25, 0.3) is 0 Å². The quantitative estimate of drug-likeness (QED) is 0.479. The fourth-order valence-corrected chi connectivity index (χ4v) is 3.25. The van der Waals surface area contributed by atoms with Gasteiger partial charge in [0.05, 0.1) is 16.9 Å². The standard InChI is InChI=1S/C21H18ClN3O/c1-14-10-11-20(18(22)12-14)25-13-19(23-24-25)15(2)26-21-9-5-7-16-6-3-4-8-17(16)21/h3-13,15H,1-2H3. The summed E-state index contributed by atoms with van der Waals surface area (Å²) in [5.74, 6) is 0.832. The molecule has 0 bridgehead atoms. The number of fused-ring (bicyclic) bond motifs is 1. The van der Waals surface area contributed by atoms with Gasteiger partial charge < -0.3 is 4.74 Å². The SMILES string of the molecule is Cc1ccc(-n2cc(C(C)Oc3cccc4ccccc34)nn2)c(Cl)c1. The Balaban J connectivity index is 1.61. The van der Waals surface area contributed by atoms with Crippen molar-refractivity contribution in [2.75, 3.05) is 0 Å². The number of hydrogen-bond acceptors (Lipinski definition) is 3. The van der Waals surface area contributed by atoms with Gasteiger partial charge in [-0.2, -0.15) is 0 Å². The van der Waals surface area contributed by atoms with Gasteiger partial charge in [0, 0.05) is 5.39 Å². The van der Waals surface area contributed by atoms with Crippen molar-refractivity contribution in [2.24, 2.45) is 0 Å². The molecule has 3 aromatic carbocycles. The molecule has 4 aromatic rings. The van der Waals surface area contributed by atoms with Crippen molar-refractivity contribution in [3.8, 4) is 11.4 Å². The molecule has 1 atom stereocenters. The highest BCUT2D eigenvalue weighted by molar-refractivity contribution is 6.32. The zero-order valence-electron chi connectivity index (χ0n) is 14.6. The molecule has 5 heteroatoms. The van der Waals surface area contributed by atoms with Crippen LogP contribution in [0.25, 0.3) is 16.5 Å². The van der Waals surface area contributed by atoms with Crippen LogP contribution in [0.1, 0.15) is 24.3 Å². The molecule has 0 fully saturated rings. The van der Waals surface area contributed by atoms with E-state index in [0.29, 0.717) is 5.02 Å². The Hall–Kier alpha value is -2.85. The van der Waals surface area contributed by atoms with E-state index in [0.717, 1.165) is 33.5 Å². The second-order valence-electron chi connectivity index (χ2n) is 6.28. The first-order valence-electron chi connectivity index (χ1n) is 8.45. The average molecular weight is 364 g/mol. The van der Waals surface area contributed by atoms with Crippen molar-refractivity contribution in [1.29, 1.82) is 0 Å². The molecule has 0 spiro atoms. The summed E-state index contributed by atoms with van der Waals surface area (Å²) in [5, 5.41) is 11.3. The van der Waals surface area contributed by atoms with E-state index < -0.39 is 0 Å². The molecule has 4 rings (SSSR count). The first-order chi connectivity index (χ1) is 12.6. The van der Waals surface area contributed by atoms with Crippen LogP contribution in [-0.2, 0) is 0 Å². The van der Waals surface area contributed by atoms with Gasteiger partial charge >= 0.3 is 0 Å². The van der Waals surface area contributed by atoms with Crippen LogP contribution in [0.2, 0.25) is 5.02 Å². The Morgan fingerprint density at radius 3 is 2.69 bits per heavy atom. The summed E-state index contributed by atoms with van der Waals surface area (Å²) in [7, 11) is 0. The third kappa shape index (κ3) is 3.16. The lowest BCUT2D eigenvalue weighted by molar-refractivity contribution is 0.224. The minimum absolute atomic E-state index is 0.237. The van der Waals surface area contributed by atoms with Gasteiger partial charge in [-0.15, -0.1) is 5.10 Å². The van der Waals surface area contributed by atoms with E-state index >= 15 is 0 Å². The average Bonchev–Trinajstić information content (AvgIpc) is 3.12. The molecule has 26 heavy (non-hydrogen) atoms. The third-order valence-electron chi connectivity index (χ3n) is 4.33. The van der Waals surface area contributed by atoms with E-state index in [1.165, 1.54) is 0 Å². The highest BCUT2D eigenvalue weighted by Crippen LogP contribution is 2.29. The van der Waals surface area contributed by atoms with Crippen LogP contribution in [0, 0.1) is 6.92 Å². The van der Waals surface area contributed by atoms with E-state index in [1.807, 2.05) is 62.5 Å². The van der Waals surface area contributed by atoms with Gasteiger partial charge in [-0.3, -0.25) is 0 Å². The number of hydrogen-bond donors (Lipinski definition) is 0. The number of aromatic nitrogens is 3. The second-order valence-corrected chi connectivity index (χ2v) is 6.69. The number of ether oxygens (including phenoxy) is 1. The summed E-state index contributed by atoms with van der Waals surface area (Å²) in [6.07, 6.45) is 1.62. The minimum atomic E-state index is -0.237. The Bertz CT molecular complexity index is 1070. The summed E-state index contributed by atoms with van der Waals surface area (Å²) in [6.45, 7) is 3.97. The Labute approximate surface area is 157 Å². The summed E-state index contributed by atoms with van der Waals surface area (Å²) in [4.78, 5) is 0. The highest BCUT2D eigenvalue weighted by Gasteiger charge is 2.15. The Morgan fingerprint density at radius 2 is 1.85 bits per heavy atom. The molecule has 4 nitrogen and oxygen atoms in total. The van der Waals surface area contributed by atoms with Crippen molar-refractivity contribution in [3.05, 3.63) is 83.1 Å². The minimum Gasteiger partial charge on any atom is -0.484 e. The lowest BCUT2D eigenvalue weighted by Crippen LogP contribution is -2.04. The van der Waals surface area contributed by atoms with E-state index in [1.54, 1.807) is 4.68 Å². The van der Waals surface area contributed by atoms with Crippen LogP contribution in [0.15, 0.2) is 66.9 Å². The molecule has 0 amide bonds. The van der Waals surface area contributed by atoms with Crippen LogP contribution < -0.4 is 4.74 Å². The fraction of sp³-hybridized carbons (Fsp3) is 0.143. The second kappa shape index (κ2) is 6.81. The lowest BCUT2D eigenvalue weighted by Gasteiger charge is -2.14. The number of rotatable bonds is 4. The maximum absolute atomic E-state index is 6.33. The first-order valence-corrected chi connectivity index (χ1v) is 8.83. The number of benzene rings is 3. The molecule has 1 heterocycles. The molecule has 0 radical (unpaired) electrons. The monoisotopic (exact) mass is 363 g/mol. The lowest BCUT2D eigenvalue weighted by atomic mass is 10.1. The summed E-state index contributed by atoms with van der Waals surface area (Å²) in [5.41, 5.74) is 2.65. The van der Waals surface area contributed by atoms with E-state index in [4.69, 9.17) is 16.3 Å². The van der Waals surface area contributed by atoms with Gasteiger partial charge in [-0.25, -0.2) is 4.68 Å². The van der Waals surface area contributed by atoms with Crippen LogP contribution in [-0.4, -0.2) is 15.0 Å². The predicted molar refractivity (Wildman–Crippen MR) is 104 cm³/mol. The topological polar surface area (TPSA) is 39.9 Å². The third-order valence-corrected chi connectivity index (χ3v) is 4.63. The summed E-state index contributed by atoms with van der Waals surface area (Å²) >= 11 is 6.33. The van der Waals surface area contributed by atoms with Gasteiger partial charge in [0.1, 0.15) is 17.5 Å². The molecule has 0 saturated heterocycles. The van der Waals surface area contributed by atoms with Gasteiger partial charge in [0.2, 0.25) is 0 Å². The molecular formula is C21H18ClN3O. The fourth-order valence-electron chi connectivity index (χ4n) is 2.93. The van der Waals surface area contributed by atoms with Crippen LogP contribution in [0.5, 0.6) is 5.75 Å². The number of halogens is 1. The van der Waals surface area contributed by atoms with Gasteiger partial charge in [-0.05, 0) is 43.0 Å². The molecule has 0 aliphatic carbocycles. The normalized spacial score (nSPS) is 12.3. The first kappa shape index (κ1) is 16.6. The van der Waals surface area contributed by atoms with E-state index in [2.05, 4.69) is 28.5 Å². The molecule has 0 saturated carbocycles. The number of nitrogens with zero attached hydrogens (tertiary/aromatic N) is 3. The molecule has 1 unspecified atom stereocenters. The molecule has 0 aliphatic rings. The Morgan fingerprint density at radius 1 is 1.04 bits per heavy atom. The van der Waals surface area contributed by atoms with Crippen molar-refractivity contribution in [2.45, 2.75) is 20.0 Å². The van der Waals surface area contributed by atoms with Crippen LogP contribution in [0.3, 0.4) is 0 Å². The molecule has 1 aromatic heterocycles. The maximum atomic E-state index is 6.33.